The van der Waals surface area contributed by atoms with Gasteiger partial charge < -0.3 is 24.2 Å². The first-order valence-corrected chi connectivity index (χ1v) is 24.2. The van der Waals surface area contributed by atoms with Crippen molar-refractivity contribution in [3.8, 4) is 0 Å². The fraction of sp³-hybridized carbons (Fsp3) is 0.545. The summed E-state index contributed by atoms with van der Waals surface area (Å²) in [5.74, 6) is 0.0486. The van der Waals surface area contributed by atoms with Gasteiger partial charge in [-0.05, 0) is 99.6 Å². The van der Waals surface area contributed by atoms with Gasteiger partial charge in [0.25, 0.3) is 0 Å². The van der Waals surface area contributed by atoms with E-state index in [0.717, 1.165) is 63.8 Å². The van der Waals surface area contributed by atoms with Crippen LogP contribution in [-0.4, -0.2) is 58.5 Å². The summed E-state index contributed by atoms with van der Waals surface area (Å²) >= 11 is 0. The minimum atomic E-state index is -1.20. The van der Waals surface area contributed by atoms with Crippen LogP contribution in [0.1, 0.15) is 199 Å². The van der Waals surface area contributed by atoms with E-state index in [4.69, 9.17) is 24.2 Å². The van der Waals surface area contributed by atoms with E-state index in [2.05, 4.69) is 65.0 Å². The minimum Gasteiger partial charge on any atom is -0.494 e. The smallest absolute Gasteiger partial charge is 0.321 e. The Labute approximate surface area is 387 Å². The lowest BCUT2D eigenvalue weighted by atomic mass is 9.84. The van der Waals surface area contributed by atoms with Crippen LogP contribution in [0.25, 0.3) is 39.5 Å². The van der Waals surface area contributed by atoms with Crippen molar-refractivity contribution in [3.05, 3.63) is 87.0 Å². The van der Waals surface area contributed by atoms with Gasteiger partial charge in [0.05, 0.1) is 31.1 Å². The number of fused-ring (bicyclic) bond motifs is 8. The van der Waals surface area contributed by atoms with E-state index in [9.17, 15) is 14.4 Å². The van der Waals surface area contributed by atoms with E-state index in [0.29, 0.717) is 63.6 Å². The monoisotopic (exact) mass is 887 g/mol. The highest BCUT2D eigenvalue weighted by molar-refractivity contribution is 6.23. The predicted molar refractivity (Wildman–Crippen MR) is 264 cm³/mol. The molecule has 3 aliphatic rings. The van der Waals surface area contributed by atoms with Crippen molar-refractivity contribution >= 4 is 57.2 Å². The lowest BCUT2D eigenvalue weighted by Gasteiger charge is -2.18. The number of Topliss-reactive ketones (excluding diaryl/α,β-unsaturated/α-hetero) is 1. The second-order valence-electron chi connectivity index (χ2n) is 19.5. The average molecular weight is 887 g/mol. The molecule has 2 aliphatic heterocycles. The number of aromatic amines is 2. The van der Waals surface area contributed by atoms with E-state index < -0.39 is 11.9 Å². The maximum atomic E-state index is 14.4. The number of ether oxygens (including phenoxy) is 3. The molecule has 0 spiro atoms. The third kappa shape index (κ3) is 10.9. The number of ketones is 1. The van der Waals surface area contributed by atoms with Crippen LogP contribution in [0.3, 0.4) is 0 Å². The molecule has 3 aromatic rings. The van der Waals surface area contributed by atoms with Crippen LogP contribution >= 0.6 is 0 Å². The summed E-state index contributed by atoms with van der Waals surface area (Å²) in [5, 5.41) is 0. The summed E-state index contributed by atoms with van der Waals surface area (Å²) < 4.78 is 17.0. The summed E-state index contributed by atoms with van der Waals surface area (Å²) in [6.45, 7) is 24.0. The van der Waals surface area contributed by atoms with Gasteiger partial charge in [-0.3, -0.25) is 19.4 Å². The van der Waals surface area contributed by atoms with Crippen LogP contribution in [0, 0.1) is 31.6 Å². The normalized spacial score (nSPS) is 18.1. The molecule has 0 radical (unpaired) electrons. The number of nitrogens with one attached hydrogen (secondary N) is 2. The molecule has 2 N–H and O–H groups in total. The van der Waals surface area contributed by atoms with Crippen molar-refractivity contribution in [3.63, 3.8) is 0 Å². The first-order valence-electron chi connectivity index (χ1n) is 24.2. The molecule has 6 rings (SSSR count). The zero-order chi connectivity index (χ0) is 47.1. The molecule has 0 fully saturated rings. The van der Waals surface area contributed by atoms with E-state index in [1.54, 1.807) is 7.11 Å². The standard InChI is InChI=1S/C55H74N4O6/c1-13-38-35(8)41-28-42-36(9)40(24-25-47(60)65-27-26-34(7)23-17-22-33(6)21-16-20-32(5)19-15-18-31(3)4)51(58-42)49-50(55(62)64-12)53(61)48-37(10)43(59-52(48)49)29-45-39(14-2)54(63-11)46(57-45)30-44(38)56-41/h13,26,28-33,36,40,50,56,59H,1,14-25,27H2,2-12H3/b34-26+,41-28?,42-28?,43-29?,44-30?,45-29?,46-30?,51-49?/t32-,33-,36?,40+,50?/m1/s1. The molecule has 5 atom stereocenters. The third-order valence-electron chi connectivity index (χ3n) is 14.3. The molecular formula is C55H74N4O6. The molecule has 1 aliphatic carbocycles. The second-order valence-corrected chi connectivity index (χ2v) is 19.5. The molecule has 2 unspecified atom stereocenters. The number of carbonyl (C=O) groups excluding carboxylic acids is 3. The molecule has 0 saturated carbocycles. The van der Waals surface area contributed by atoms with Crippen molar-refractivity contribution in [2.45, 2.75) is 157 Å². The number of nitrogens with zero attached hydrogens (tertiary/aromatic N) is 2. The summed E-state index contributed by atoms with van der Waals surface area (Å²) in [6, 6.07) is 5.97. The number of hydrogen-bond donors (Lipinski definition) is 2. The zero-order valence-corrected chi connectivity index (χ0v) is 41.1. The van der Waals surface area contributed by atoms with E-state index in [-0.39, 0.29) is 36.6 Å². The van der Waals surface area contributed by atoms with Gasteiger partial charge in [-0.25, -0.2) is 4.98 Å². The predicted octanol–water partition coefficient (Wildman–Crippen LogP) is 13.5. The molecule has 350 valence electrons. The lowest BCUT2D eigenvalue weighted by molar-refractivity contribution is -0.143. The van der Waals surface area contributed by atoms with Crippen LogP contribution in [0.2, 0.25) is 0 Å². The van der Waals surface area contributed by atoms with Crippen molar-refractivity contribution in [1.29, 1.82) is 0 Å². The van der Waals surface area contributed by atoms with E-state index in [1.165, 1.54) is 57.6 Å². The number of hydrogen-bond acceptors (Lipinski definition) is 8. The van der Waals surface area contributed by atoms with Gasteiger partial charge >= 0.3 is 11.9 Å². The Hall–Kier alpha value is -5.25. The number of rotatable bonds is 21. The molecule has 0 amide bonds. The maximum Gasteiger partial charge on any atom is 0.321 e. The molecule has 5 heterocycles. The quantitative estimate of drug-likeness (QED) is 0.0613. The van der Waals surface area contributed by atoms with Gasteiger partial charge in [-0.2, -0.15) is 0 Å². The van der Waals surface area contributed by atoms with Crippen molar-refractivity contribution in [2.75, 3.05) is 20.8 Å². The number of methoxy groups -OCH3 is 2. The fourth-order valence-corrected chi connectivity index (χ4v) is 10.2. The van der Waals surface area contributed by atoms with Crippen LogP contribution in [0.15, 0.2) is 36.4 Å². The zero-order valence-electron chi connectivity index (χ0n) is 41.1. The Balaban J connectivity index is 1.25. The van der Waals surface area contributed by atoms with Crippen LogP contribution in [-0.2, 0) is 23.8 Å². The number of carbonyl (C=O) groups is 3. The van der Waals surface area contributed by atoms with Crippen LogP contribution in [0.5, 0.6) is 0 Å². The Bertz CT molecular complexity index is 2500. The summed E-state index contributed by atoms with van der Waals surface area (Å²) in [4.78, 5) is 58.9. The van der Waals surface area contributed by atoms with Crippen molar-refractivity contribution in [1.82, 2.24) is 19.9 Å². The van der Waals surface area contributed by atoms with Gasteiger partial charge in [0, 0.05) is 62.8 Å². The molecule has 8 bridgehead atoms. The van der Waals surface area contributed by atoms with Crippen molar-refractivity contribution < 1.29 is 28.6 Å². The van der Waals surface area contributed by atoms with Crippen LogP contribution < -0.4 is 0 Å². The van der Waals surface area contributed by atoms with Crippen LogP contribution in [0.4, 0.5) is 0 Å². The van der Waals surface area contributed by atoms with Gasteiger partial charge in [-0.15, -0.1) is 0 Å². The molecule has 10 nitrogen and oxygen atoms in total. The molecule has 65 heavy (non-hydrogen) atoms. The first-order chi connectivity index (χ1) is 31.1. The fourth-order valence-electron chi connectivity index (χ4n) is 10.2. The Kier molecular flexibility index (Phi) is 16.5. The third-order valence-corrected chi connectivity index (χ3v) is 14.3. The van der Waals surface area contributed by atoms with E-state index in [1.807, 2.05) is 44.2 Å². The summed E-state index contributed by atoms with van der Waals surface area (Å²) in [6.07, 6.45) is 16.4. The largest absolute Gasteiger partial charge is 0.494 e. The summed E-state index contributed by atoms with van der Waals surface area (Å²) in [7, 11) is 2.95. The molecule has 3 aromatic heterocycles. The van der Waals surface area contributed by atoms with Gasteiger partial charge in [0.2, 0.25) is 0 Å². The lowest BCUT2D eigenvalue weighted by Crippen LogP contribution is -2.21. The van der Waals surface area contributed by atoms with Gasteiger partial charge in [-0.1, -0.05) is 105 Å². The first kappa shape index (κ1) is 49.2. The molecule has 0 saturated heterocycles. The Morgan fingerprint density at radius 2 is 1.52 bits per heavy atom. The Morgan fingerprint density at radius 1 is 0.862 bits per heavy atom. The molecular weight excluding hydrogens is 813 g/mol. The average Bonchev–Trinajstić information content (AvgIpc) is 4.02. The Morgan fingerprint density at radius 3 is 2.17 bits per heavy atom. The number of aryl methyl sites for hydroxylation is 2. The minimum absolute atomic E-state index is 0.148. The summed E-state index contributed by atoms with van der Waals surface area (Å²) in [5.41, 5.74) is 11.4. The molecule has 10 heteroatoms. The van der Waals surface area contributed by atoms with Gasteiger partial charge in [0.15, 0.2) is 5.78 Å². The SMILES string of the molecule is C=Cc1c(C)c2cc3nc(c4c5[nH]c(cc6nc(cc1[nH]2)C(OC)=C6CC)c(C)c5C(=O)C4C(=O)OC)[C@@H](CCC(=O)OC/C=C(\C)CCC[C@H](C)CCC[C@H](C)CCCC(C)C)C3C. The van der Waals surface area contributed by atoms with Crippen molar-refractivity contribution in [2.24, 2.45) is 17.8 Å². The van der Waals surface area contributed by atoms with Gasteiger partial charge in [0.1, 0.15) is 24.0 Å². The molecule has 0 aromatic carbocycles. The maximum absolute atomic E-state index is 14.4. The highest BCUT2D eigenvalue weighted by Crippen LogP contribution is 2.48. The number of aromatic nitrogens is 4. The second kappa shape index (κ2) is 21.8. The topological polar surface area (TPSA) is 136 Å². The number of H-pyrrole nitrogens is 2. The highest BCUT2D eigenvalue weighted by atomic mass is 16.5. The van der Waals surface area contributed by atoms with E-state index >= 15 is 0 Å². The number of allylic oxidation sites excluding steroid dienone is 2. The number of esters is 2. The highest BCUT2D eigenvalue weighted by Gasteiger charge is 2.45.